The van der Waals surface area contributed by atoms with Crippen LogP contribution >= 0.6 is 0 Å². The third-order valence-electron chi connectivity index (χ3n) is 17.1. The summed E-state index contributed by atoms with van der Waals surface area (Å²) in [6.45, 7) is 23.7. The highest BCUT2D eigenvalue weighted by Gasteiger charge is 2.54. The first kappa shape index (κ1) is 67.2. The number of aliphatic hydroxyl groups excluding tert-OH is 1. The van der Waals surface area contributed by atoms with Crippen LogP contribution in [0.1, 0.15) is 150 Å². The zero-order valence-corrected chi connectivity index (χ0v) is 50.8. The van der Waals surface area contributed by atoms with E-state index in [0.717, 1.165) is 31.2 Å². The van der Waals surface area contributed by atoms with Crippen LogP contribution in [0.15, 0.2) is 29.2 Å². The van der Waals surface area contributed by atoms with E-state index in [1.165, 1.54) is 20.0 Å². The van der Waals surface area contributed by atoms with E-state index < -0.39 is 113 Å². The fraction of sp³-hybridized carbons (Fsp3) is 0.800. The molecule has 0 amide bonds. The number of esters is 2. The molecule has 0 unspecified atom stereocenters. The highest BCUT2D eigenvalue weighted by atomic mass is 16.7. The lowest BCUT2D eigenvalue weighted by atomic mass is 9.77. The van der Waals surface area contributed by atoms with Gasteiger partial charge in [0, 0.05) is 76.9 Å². The van der Waals surface area contributed by atoms with Crippen LogP contribution in [0.5, 0.6) is 0 Å². The van der Waals surface area contributed by atoms with E-state index in [1.54, 1.807) is 45.4 Å². The first-order chi connectivity index (χ1) is 37.5. The summed E-state index contributed by atoms with van der Waals surface area (Å²) in [5.74, 6) is -4.52. The highest BCUT2D eigenvalue weighted by Crippen LogP contribution is 2.41. The standard InChI is InChI=1S/C60H99N3O17/c1-17-47-60(12,71)52(66)39(7)62(15)33-35(3)31-58(10,70)53(80-57-51(77-41(9)64)46(61(13)14)29-36(4)75-57)37(5)50(38(6)56(69)78-47)79-48-32-59(11,72-16)54(40(8)76-48)74-28-21-19-20-26-73-27-22-23-42-24-25-45-43(30-42)49(65)44(55(67)68)34-63(45)18-2/h24-25,30,34-40,46-48,50-54,57,66,70-71H,17-23,26-29,31-33H2,1-16H3,(H,67,68)/t35-,36-,37+,38-,39+,40+,46+,47-,48+,50+,51-,52+,53-,54+,57+,58-,59-,60-/m1/s1. The molecular formula is C60H99N3O17. The number of aromatic nitrogens is 1. The van der Waals surface area contributed by atoms with E-state index in [2.05, 4.69) is 0 Å². The van der Waals surface area contributed by atoms with Gasteiger partial charge in [0.05, 0.1) is 53.1 Å². The molecule has 3 fully saturated rings. The number of aromatic carboxylic acids is 1. The van der Waals surface area contributed by atoms with Gasteiger partial charge in [0.2, 0.25) is 5.43 Å². The van der Waals surface area contributed by atoms with Crippen LogP contribution in [0, 0.1) is 17.8 Å². The Morgan fingerprint density at radius 2 is 1.56 bits per heavy atom. The number of hydrogen-bond donors (Lipinski definition) is 4. The van der Waals surface area contributed by atoms with Crippen LogP contribution in [0.2, 0.25) is 0 Å². The van der Waals surface area contributed by atoms with Gasteiger partial charge in [-0.15, -0.1) is 0 Å². The number of pyridine rings is 1. The zero-order valence-electron chi connectivity index (χ0n) is 50.8. The smallest absolute Gasteiger partial charge is 0.341 e. The van der Waals surface area contributed by atoms with Crippen molar-refractivity contribution in [2.24, 2.45) is 17.8 Å². The molecule has 20 nitrogen and oxygen atoms in total. The SMILES string of the molecule is CC[C@H]1OC(=O)[C@H](C)[C@@H](O[C@H]2C[C@@](C)(OC)[C@@H](OCCCCCOCCCc3ccc4c(c3)c(=O)c(C(=O)O)cn4CC)[C@H](C)O2)[C@H](C)[C@@H](O[C@@H]2O[C@H](C)C[C@H](N(C)C)[C@H]2OC(C)=O)[C@](C)(O)C[C@@H](C)CN(C)[C@@H](C)[C@H](O)[C@]1(C)O. The van der Waals surface area contributed by atoms with Gasteiger partial charge in [0.15, 0.2) is 18.7 Å². The Kier molecular flexibility index (Phi) is 24.6. The summed E-state index contributed by atoms with van der Waals surface area (Å²) < 4.78 is 59.8. The number of unbranched alkanes of at least 4 members (excludes halogenated alkanes) is 2. The van der Waals surface area contributed by atoms with Crippen molar-refractivity contribution in [3.05, 3.63) is 45.7 Å². The van der Waals surface area contributed by atoms with Crippen molar-refractivity contribution >= 4 is 28.8 Å². The van der Waals surface area contributed by atoms with Crippen LogP contribution in [-0.4, -0.2) is 198 Å². The number of benzene rings is 1. The molecule has 80 heavy (non-hydrogen) atoms. The molecular weight excluding hydrogens is 1030 g/mol. The zero-order chi connectivity index (χ0) is 59.6. The largest absolute Gasteiger partial charge is 0.477 e. The summed E-state index contributed by atoms with van der Waals surface area (Å²) in [6, 6.07) is 4.76. The van der Waals surface area contributed by atoms with Gasteiger partial charge in [-0.1, -0.05) is 26.8 Å². The van der Waals surface area contributed by atoms with Crippen LogP contribution in [0.3, 0.4) is 0 Å². The molecule has 4 heterocycles. The molecule has 5 rings (SSSR count). The predicted molar refractivity (Wildman–Crippen MR) is 301 cm³/mol. The first-order valence-corrected chi connectivity index (χ1v) is 29.1. The number of hydrogen-bond acceptors (Lipinski definition) is 18. The maximum Gasteiger partial charge on any atom is 0.341 e. The van der Waals surface area contributed by atoms with E-state index in [-0.39, 0.29) is 42.9 Å². The van der Waals surface area contributed by atoms with Gasteiger partial charge in [-0.05, 0) is 152 Å². The van der Waals surface area contributed by atoms with E-state index in [1.807, 2.05) is 84.6 Å². The third kappa shape index (κ3) is 16.6. The molecule has 3 aliphatic rings. The van der Waals surface area contributed by atoms with E-state index in [4.69, 9.17) is 42.6 Å². The molecule has 0 bridgehead atoms. The Balaban J connectivity index is 1.30. The van der Waals surface area contributed by atoms with Crippen molar-refractivity contribution < 1.29 is 77.4 Å². The molecule has 18 atom stereocenters. The summed E-state index contributed by atoms with van der Waals surface area (Å²) >= 11 is 0. The quantitative estimate of drug-likeness (QED) is 0.0786. The van der Waals surface area contributed by atoms with Gasteiger partial charge in [-0.25, -0.2) is 4.79 Å². The number of carboxylic acid groups (broad SMARTS) is 1. The van der Waals surface area contributed by atoms with Crippen LogP contribution in [-0.2, 0) is 65.2 Å². The second-order valence-corrected chi connectivity index (χ2v) is 24.2. The highest BCUT2D eigenvalue weighted by molar-refractivity contribution is 5.92. The van der Waals surface area contributed by atoms with Crippen molar-refractivity contribution in [1.29, 1.82) is 0 Å². The van der Waals surface area contributed by atoms with Crippen molar-refractivity contribution in [1.82, 2.24) is 14.4 Å². The Labute approximate surface area is 475 Å². The number of ether oxygens (including phenoxy) is 9. The summed E-state index contributed by atoms with van der Waals surface area (Å²) in [5, 5.41) is 46.6. The number of fused-ring (bicyclic) bond motifs is 1. The number of aliphatic hydroxyl groups is 3. The number of likely N-dealkylation sites (N-methyl/N-ethyl adjacent to an activating group) is 2. The Hall–Kier alpha value is -3.64. The molecule has 0 saturated carbocycles. The van der Waals surface area contributed by atoms with Crippen molar-refractivity contribution in [2.75, 3.05) is 54.6 Å². The second kappa shape index (κ2) is 29.2. The monoisotopic (exact) mass is 1130 g/mol. The maximum absolute atomic E-state index is 14.7. The van der Waals surface area contributed by atoms with Gasteiger partial charge in [0.25, 0.3) is 0 Å². The molecule has 20 heteroatoms. The first-order valence-electron chi connectivity index (χ1n) is 29.1. The molecule has 1 aromatic carbocycles. The number of cyclic esters (lactones) is 1. The third-order valence-corrected chi connectivity index (χ3v) is 17.1. The van der Waals surface area contributed by atoms with Crippen LogP contribution < -0.4 is 5.43 Å². The van der Waals surface area contributed by atoms with Gasteiger partial charge < -0.3 is 77.4 Å². The average molecular weight is 1130 g/mol. The summed E-state index contributed by atoms with van der Waals surface area (Å²) in [4.78, 5) is 55.9. The Morgan fingerprint density at radius 1 is 0.887 bits per heavy atom. The maximum atomic E-state index is 14.7. The van der Waals surface area contributed by atoms with Crippen molar-refractivity contribution in [2.45, 2.75) is 238 Å². The summed E-state index contributed by atoms with van der Waals surface area (Å²) in [6.07, 6.45) is -2.57. The summed E-state index contributed by atoms with van der Waals surface area (Å²) in [5.41, 5.74) is -3.46. The van der Waals surface area contributed by atoms with E-state index in [0.29, 0.717) is 56.7 Å². The average Bonchev–Trinajstić information content (AvgIpc) is 3.39. The van der Waals surface area contributed by atoms with Crippen LogP contribution in [0.4, 0.5) is 0 Å². The molecule has 0 radical (unpaired) electrons. The lowest BCUT2D eigenvalue weighted by Crippen LogP contribution is -2.61. The molecule has 4 N–H and O–H groups in total. The lowest BCUT2D eigenvalue weighted by molar-refractivity contribution is -0.321. The molecule has 3 saturated heterocycles. The Bertz CT molecular complexity index is 2380. The molecule has 456 valence electrons. The number of carboxylic acids is 1. The van der Waals surface area contributed by atoms with Gasteiger partial charge in [0.1, 0.15) is 29.5 Å². The summed E-state index contributed by atoms with van der Waals surface area (Å²) in [7, 11) is 7.25. The fourth-order valence-corrected chi connectivity index (χ4v) is 12.5. The fourth-order valence-electron chi connectivity index (χ4n) is 12.5. The van der Waals surface area contributed by atoms with E-state index in [9.17, 15) is 39.6 Å². The minimum atomic E-state index is -1.85. The lowest BCUT2D eigenvalue weighted by Gasteiger charge is -2.49. The number of carbonyl (C=O) groups excluding carboxylic acids is 2. The van der Waals surface area contributed by atoms with Gasteiger partial charge in [-0.2, -0.15) is 0 Å². The topological polar surface area (TPSA) is 244 Å². The van der Waals surface area contributed by atoms with Gasteiger partial charge >= 0.3 is 17.9 Å². The Morgan fingerprint density at radius 3 is 2.19 bits per heavy atom. The normalized spacial score (nSPS) is 36.3. The molecule has 1 aromatic heterocycles. The minimum Gasteiger partial charge on any atom is -0.477 e. The van der Waals surface area contributed by atoms with Crippen molar-refractivity contribution in [3.63, 3.8) is 0 Å². The van der Waals surface area contributed by atoms with E-state index >= 15 is 0 Å². The number of carbonyl (C=O) groups is 3. The second-order valence-electron chi connectivity index (χ2n) is 24.2. The number of nitrogens with zero attached hydrogens (tertiary/aromatic N) is 3. The predicted octanol–water partition coefficient (Wildman–Crippen LogP) is 6.35. The number of rotatable bonds is 21. The number of methoxy groups -OCH3 is 1. The minimum absolute atomic E-state index is 0.190. The molecule has 3 aliphatic heterocycles. The van der Waals surface area contributed by atoms with Gasteiger partial charge in [-0.3, -0.25) is 14.4 Å². The van der Waals surface area contributed by atoms with Crippen LogP contribution in [0.25, 0.3) is 10.9 Å². The van der Waals surface area contributed by atoms with Crippen molar-refractivity contribution in [3.8, 4) is 0 Å². The molecule has 2 aromatic rings. The number of aryl methyl sites for hydroxylation is 2. The molecule has 0 spiro atoms. The molecule has 0 aliphatic carbocycles.